The van der Waals surface area contributed by atoms with E-state index in [4.69, 9.17) is 0 Å². The van der Waals surface area contributed by atoms with Crippen LogP contribution in [0.25, 0.3) is 0 Å². The lowest BCUT2D eigenvalue weighted by Gasteiger charge is -2.08. The van der Waals surface area contributed by atoms with E-state index in [9.17, 15) is 9.59 Å². The summed E-state index contributed by atoms with van der Waals surface area (Å²) in [6.45, 7) is 1.47. The van der Waals surface area contributed by atoms with Gasteiger partial charge in [-0.15, -0.1) is 0 Å². The second kappa shape index (κ2) is 3.57. The maximum atomic E-state index is 10.6. The summed E-state index contributed by atoms with van der Waals surface area (Å²) < 4.78 is 0. The summed E-state index contributed by atoms with van der Waals surface area (Å²) in [6.07, 6.45) is 3.39. The molecule has 0 aliphatic carbocycles. The Hall–Kier alpha value is -0.770. The average Bonchev–Trinajstić information content (AvgIpc) is 2.34. The number of carbonyl (C=O) groups excluding carboxylic acids is 2. The number of hydrogen-bond acceptors (Lipinski definition) is 3. The summed E-state index contributed by atoms with van der Waals surface area (Å²) >= 11 is 1.40. The van der Waals surface area contributed by atoms with Gasteiger partial charge in [-0.05, 0) is 6.42 Å². The van der Waals surface area contributed by atoms with Crippen molar-refractivity contribution in [3.05, 3.63) is 11.0 Å². The Kier molecular flexibility index (Phi) is 2.70. The van der Waals surface area contributed by atoms with E-state index in [0.29, 0.717) is 4.91 Å². The Morgan fingerprint density at radius 1 is 1.91 bits per heavy atom. The van der Waals surface area contributed by atoms with Gasteiger partial charge < -0.3 is 5.32 Å². The largest absolute Gasteiger partial charge is 0.344 e. The normalized spacial score (nSPS) is 22.6. The van der Waals surface area contributed by atoms with Gasteiger partial charge in [0.1, 0.15) is 0 Å². The summed E-state index contributed by atoms with van der Waals surface area (Å²) in [5.74, 6) is -0.0527. The van der Waals surface area contributed by atoms with E-state index in [1.807, 2.05) is 6.08 Å². The number of aldehydes is 1. The average molecular weight is 171 g/mol. The molecule has 0 bridgehead atoms. The molecular weight excluding hydrogens is 162 g/mol. The highest BCUT2D eigenvalue weighted by molar-refractivity contribution is 8.04. The number of thioether (sulfide) groups is 1. The van der Waals surface area contributed by atoms with E-state index in [1.165, 1.54) is 18.7 Å². The van der Waals surface area contributed by atoms with E-state index in [2.05, 4.69) is 5.32 Å². The molecule has 0 aromatic heterocycles. The molecule has 1 amide bonds. The standard InChI is InChI=1S/C7H9NO2S/c1-5(10)8-7-3-2-6(4-9)11-7/h2,4,7H,3H2,1H3,(H,8,10). The Bertz CT molecular complexity index is 212. The Morgan fingerprint density at radius 3 is 3.09 bits per heavy atom. The van der Waals surface area contributed by atoms with Crippen molar-refractivity contribution in [3.8, 4) is 0 Å². The smallest absolute Gasteiger partial charge is 0.217 e. The van der Waals surface area contributed by atoms with Crippen molar-refractivity contribution in [3.63, 3.8) is 0 Å². The third kappa shape index (κ3) is 2.38. The minimum absolute atomic E-state index is 0.0527. The fourth-order valence-electron chi connectivity index (χ4n) is 0.875. The van der Waals surface area contributed by atoms with Crippen molar-refractivity contribution in [2.24, 2.45) is 0 Å². The fourth-order valence-corrected chi connectivity index (χ4v) is 1.87. The first-order chi connectivity index (χ1) is 5.22. The summed E-state index contributed by atoms with van der Waals surface area (Å²) in [4.78, 5) is 21.5. The Balaban J connectivity index is 2.35. The first-order valence-electron chi connectivity index (χ1n) is 3.31. The van der Waals surface area contributed by atoms with Crippen molar-refractivity contribution < 1.29 is 9.59 Å². The highest BCUT2D eigenvalue weighted by Gasteiger charge is 2.17. The number of hydrogen-bond donors (Lipinski definition) is 1. The van der Waals surface area contributed by atoms with Gasteiger partial charge in [0.2, 0.25) is 5.91 Å². The Morgan fingerprint density at radius 2 is 2.64 bits per heavy atom. The maximum absolute atomic E-state index is 10.6. The van der Waals surface area contributed by atoms with Gasteiger partial charge in [0.05, 0.1) is 5.37 Å². The lowest BCUT2D eigenvalue weighted by molar-refractivity contribution is -0.119. The third-order valence-corrected chi connectivity index (χ3v) is 2.42. The van der Waals surface area contributed by atoms with Crippen molar-refractivity contribution in [2.75, 3.05) is 0 Å². The predicted molar refractivity (Wildman–Crippen MR) is 44.0 cm³/mol. The van der Waals surface area contributed by atoms with E-state index in [1.54, 1.807) is 0 Å². The van der Waals surface area contributed by atoms with Crippen LogP contribution in [0, 0.1) is 0 Å². The van der Waals surface area contributed by atoms with Crippen LogP contribution in [0.15, 0.2) is 11.0 Å². The molecule has 1 unspecified atom stereocenters. The molecule has 0 fully saturated rings. The summed E-state index contributed by atoms with van der Waals surface area (Å²) in [7, 11) is 0. The number of amides is 1. The third-order valence-electron chi connectivity index (χ3n) is 1.29. The minimum atomic E-state index is -0.0527. The lowest BCUT2D eigenvalue weighted by Crippen LogP contribution is -2.28. The van der Waals surface area contributed by atoms with Crippen molar-refractivity contribution in [1.29, 1.82) is 0 Å². The van der Waals surface area contributed by atoms with Gasteiger partial charge in [0.15, 0.2) is 6.29 Å². The number of nitrogens with one attached hydrogen (secondary N) is 1. The van der Waals surface area contributed by atoms with Crippen molar-refractivity contribution in [1.82, 2.24) is 5.32 Å². The topological polar surface area (TPSA) is 46.2 Å². The first kappa shape index (κ1) is 8.33. The van der Waals surface area contributed by atoms with E-state index >= 15 is 0 Å². The van der Waals surface area contributed by atoms with Crippen LogP contribution in [-0.2, 0) is 9.59 Å². The van der Waals surface area contributed by atoms with Gasteiger partial charge in [-0.2, -0.15) is 0 Å². The molecule has 3 nitrogen and oxygen atoms in total. The van der Waals surface area contributed by atoms with Crippen molar-refractivity contribution >= 4 is 24.0 Å². The number of allylic oxidation sites excluding steroid dienone is 1. The Labute approximate surface area is 69.2 Å². The molecule has 0 spiro atoms. The van der Waals surface area contributed by atoms with E-state index in [0.717, 1.165) is 12.7 Å². The number of carbonyl (C=O) groups is 2. The molecule has 1 N–H and O–H groups in total. The van der Waals surface area contributed by atoms with Gasteiger partial charge in [0, 0.05) is 11.8 Å². The van der Waals surface area contributed by atoms with Crippen molar-refractivity contribution in [2.45, 2.75) is 18.7 Å². The monoisotopic (exact) mass is 171 g/mol. The van der Waals surface area contributed by atoms with Crippen LogP contribution in [0.5, 0.6) is 0 Å². The molecule has 0 aromatic carbocycles. The number of rotatable bonds is 2. The molecule has 1 atom stereocenters. The summed E-state index contributed by atoms with van der Waals surface area (Å²) in [5, 5.41) is 2.78. The van der Waals surface area contributed by atoms with Crippen LogP contribution >= 0.6 is 11.8 Å². The molecule has 0 radical (unpaired) electrons. The predicted octanol–water partition coefficient (Wildman–Crippen LogP) is 0.668. The zero-order valence-corrected chi connectivity index (χ0v) is 6.98. The minimum Gasteiger partial charge on any atom is -0.344 e. The molecule has 1 rings (SSSR count). The van der Waals surface area contributed by atoms with Gasteiger partial charge in [-0.25, -0.2) is 0 Å². The molecule has 1 aliphatic rings. The van der Waals surface area contributed by atoms with Gasteiger partial charge in [-0.1, -0.05) is 17.8 Å². The van der Waals surface area contributed by atoms with Crippen LogP contribution in [0.4, 0.5) is 0 Å². The van der Waals surface area contributed by atoms with Crippen LogP contribution in [0.2, 0.25) is 0 Å². The van der Waals surface area contributed by atoms with Crippen LogP contribution in [0.3, 0.4) is 0 Å². The SMILES string of the molecule is CC(=O)NC1CC=C(C=O)S1. The zero-order chi connectivity index (χ0) is 8.27. The van der Waals surface area contributed by atoms with E-state index < -0.39 is 0 Å². The molecule has 0 aromatic rings. The van der Waals surface area contributed by atoms with Crippen LogP contribution in [-0.4, -0.2) is 17.6 Å². The molecule has 60 valence electrons. The summed E-state index contributed by atoms with van der Waals surface area (Å²) in [5.41, 5.74) is 0. The highest BCUT2D eigenvalue weighted by atomic mass is 32.2. The first-order valence-corrected chi connectivity index (χ1v) is 4.19. The van der Waals surface area contributed by atoms with Crippen LogP contribution in [0.1, 0.15) is 13.3 Å². The second-order valence-electron chi connectivity index (χ2n) is 2.27. The molecule has 4 heteroatoms. The summed E-state index contributed by atoms with van der Waals surface area (Å²) in [6, 6.07) is 0. The quantitative estimate of drug-likeness (QED) is 0.621. The molecular formula is C7H9NO2S. The van der Waals surface area contributed by atoms with Gasteiger partial charge in [-0.3, -0.25) is 9.59 Å². The second-order valence-corrected chi connectivity index (χ2v) is 3.54. The molecule has 1 aliphatic heterocycles. The molecule has 1 heterocycles. The van der Waals surface area contributed by atoms with Crippen LogP contribution < -0.4 is 5.32 Å². The molecule has 0 saturated heterocycles. The highest BCUT2D eigenvalue weighted by Crippen LogP contribution is 2.28. The fraction of sp³-hybridized carbons (Fsp3) is 0.429. The lowest BCUT2D eigenvalue weighted by atomic mass is 10.4. The molecule has 0 saturated carbocycles. The van der Waals surface area contributed by atoms with Gasteiger partial charge in [0.25, 0.3) is 0 Å². The maximum Gasteiger partial charge on any atom is 0.217 e. The molecule has 11 heavy (non-hydrogen) atoms. The van der Waals surface area contributed by atoms with Gasteiger partial charge >= 0.3 is 0 Å². The van der Waals surface area contributed by atoms with E-state index in [-0.39, 0.29) is 11.3 Å². The zero-order valence-electron chi connectivity index (χ0n) is 6.16.